The molecule has 134 valence electrons. The highest BCUT2D eigenvalue weighted by atomic mass is 15.2. The maximum absolute atomic E-state index is 4.29. The van der Waals surface area contributed by atoms with Gasteiger partial charge in [0.2, 0.25) is 0 Å². The summed E-state index contributed by atoms with van der Waals surface area (Å²) in [7, 11) is 2.04. The fourth-order valence-electron chi connectivity index (χ4n) is 4.79. The maximum Gasteiger partial charge on any atom is 0.150 e. The molecule has 0 spiro atoms. The lowest BCUT2D eigenvalue weighted by molar-refractivity contribution is 0.215. The number of likely N-dealkylation sites (N-methyl/N-ethyl adjacent to an activating group) is 1. The van der Waals surface area contributed by atoms with Crippen molar-refractivity contribution < 1.29 is 0 Å². The number of hydrogen-bond donors (Lipinski definition) is 2. The smallest absolute Gasteiger partial charge is 0.150 e. The maximum atomic E-state index is 4.29. The molecule has 5 heteroatoms. The summed E-state index contributed by atoms with van der Waals surface area (Å²) in [5.74, 6) is 2.46. The molecule has 1 aliphatic heterocycles. The predicted octanol–water partition coefficient (Wildman–Crippen LogP) is 3.15. The van der Waals surface area contributed by atoms with Crippen molar-refractivity contribution in [3.8, 4) is 0 Å². The van der Waals surface area contributed by atoms with E-state index in [4.69, 9.17) is 0 Å². The van der Waals surface area contributed by atoms with Gasteiger partial charge in [0.05, 0.1) is 11.9 Å². The van der Waals surface area contributed by atoms with E-state index in [1.54, 1.807) is 0 Å². The normalized spacial score (nSPS) is 29.2. The Hall–Kier alpha value is -1.36. The third kappa shape index (κ3) is 3.66. The van der Waals surface area contributed by atoms with Crippen molar-refractivity contribution in [2.75, 3.05) is 36.9 Å². The van der Waals surface area contributed by atoms with Gasteiger partial charge in [0, 0.05) is 31.7 Å². The van der Waals surface area contributed by atoms with E-state index in [-0.39, 0.29) is 0 Å². The van der Waals surface area contributed by atoms with Gasteiger partial charge in [-0.25, -0.2) is 0 Å². The van der Waals surface area contributed by atoms with Gasteiger partial charge in [0.25, 0.3) is 0 Å². The zero-order chi connectivity index (χ0) is 17.2. The molecule has 24 heavy (non-hydrogen) atoms. The lowest BCUT2D eigenvalue weighted by atomic mass is 9.77. The standard InChI is InChI=1S/C19H33N5/c1-5-17-14(6-8-19(17,2)3)11-21-18-10-16(12-22-23-18)24-9-7-15(13-24)20-4/h10,12,14-15,17,20H,5-9,11,13H2,1-4H3,(H,21,23)/t14?,15-,17?/m1/s1. The summed E-state index contributed by atoms with van der Waals surface area (Å²) in [5.41, 5.74) is 1.66. The van der Waals surface area contributed by atoms with Crippen LogP contribution in [0.3, 0.4) is 0 Å². The van der Waals surface area contributed by atoms with Crippen molar-refractivity contribution in [2.24, 2.45) is 17.3 Å². The van der Waals surface area contributed by atoms with Crippen LogP contribution in [0.25, 0.3) is 0 Å². The highest BCUT2D eigenvalue weighted by Gasteiger charge is 2.40. The predicted molar refractivity (Wildman–Crippen MR) is 100 cm³/mol. The van der Waals surface area contributed by atoms with Gasteiger partial charge in [-0.2, -0.15) is 5.10 Å². The molecule has 0 aromatic carbocycles. The first-order valence-corrected chi connectivity index (χ1v) is 9.52. The zero-order valence-electron chi connectivity index (χ0n) is 15.7. The minimum atomic E-state index is 0.479. The SMILES string of the molecule is CCC1C(CNc2cc(N3CC[C@@H](NC)C3)cnn2)CCC1(C)C. The molecule has 2 N–H and O–H groups in total. The number of hydrogen-bond acceptors (Lipinski definition) is 5. The number of rotatable bonds is 6. The number of aromatic nitrogens is 2. The van der Waals surface area contributed by atoms with Gasteiger partial charge >= 0.3 is 0 Å². The van der Waals surface area contributed by atoms with E-state index in [0.29, 0.717) is 11.5 Å². The first-order valence-electron chi connectivity index (χ1n) is 9.52. The summed E-state index contributed by atoms with van der Waals surface area (Å²) in [5, 5.41) is 15.4. The van der Waals surface area contributed by atoms with Crippen molar-refractivity contribution in [3.63, 3.8) is 0 Å². The van der Waals surface area contributed by atoms with Crippen LogP contribution in [0.5, 0.6) is 0 Å². The van der Waals surface area contributed by atoms with Crippen LogP contribution in [0, 0.1) is 17.3 Å². The Bertz CT molecular complexity index is 544. The fourth-order valence-corrected chi connectivity index (χ4v) is 4.79. The fraction of sp³-hybridized carbons (Fsp3) is 0.789. The summed E-state index contributed by atoms with van der Waals surface area (Å²) in [6.45, 7) is 10.3. The Kier molecular flexibility index (Phi) is 5.28. The first-order chi connectivity index (χ1) is 11.5. The van der Waals surface area contributed by atoms with E-state index in [0.717, 1.165) is 37.3 Å². The first kappa shape index (κ1) is 17.5. The van der Waals surface area contributed by atoms with Gasteiger partial charge in [-0.15, -0.1) is 5.10 Å². The molecule has 5 nitrogen and oxygen atoms in total. The Morgan fingerprint density at radius 3 is 2.88 bits per heavy atom. The Morgan fingerprint density at radius 2 is 2.17 bits per heavy atom. The summed E-state index contributed by atoms with van der Waals surface area (Å²) >= 11 is 0. The topological polar surface area (TPSA) is 53.1 Å². The number of nitrogens with one attached hydrogen (secondary N) is 2. The monoisotopic (exact) mass is 331 g/mol. The number of nitrogens with zero attached hydrogens (tertiary/aromatic N) is 3. The molecular weight excluding hydrogens is 298 g/mol. The van der Waals surface area contributed by atoms with Crippen LogP contribution in [0.4, 0.5) is 11.5 Å². The Morgan fingerprint density at radius 1 is 1.33 bits per heavy atom. The van der Waals surface area contributed by atoms with Crippen LogP contribution in [0.15, 0.2) is 12.3 Å². The van der Waals surface area contributed by atoms with E-state index >= 15 is 0 Å². The molecule has 0 radical (unpaired) electrons. The molecule has 2 heterocycles. The van der Waals surface area contributed by atoms with Gasteiger partial charge in [-0.3, -0.25) is 0 Å². The van der Waals surface area contributed by atoms with Gasteiger partial charge in [-0.05, 0) is 43.6 Å². The van der Waals surface area contributed by atoms with E-state index in [1.807, 2.05) is 13.2 Å². The minimum Gasteiger partial charge on any atom is -0.369 e. The molecule has 3 atom stereocenters. The van der Waals surface area contributed by atoms with Crippen LogP contribution in [-0.4, -0.2) is 42.9 Å². The molecule has 3 rings (SSSR count). The summed E-state index contributed by atoms with van der Waals surface area (Å²) in [4.78, 5) is 2.40. The molecule has 0 bridgehead atoms. The lowest BCUT2D eigenvalue weighted by Crippen LogP contribution is -2.29. The van der Waals surface area contributed by atoms with Crippen molar-refractivity contribution >= 4 is 11.5 Å². The van der Waals surface area contributed by atoms with E-state index in [9.17, 15) is 0 Å². The molecule has 1 aliphatic carbocycles. The molecule has 0 amide bonds. The average Bonchev–Trinajstić information content (AvgIpc) is 3.17. The highest BCUT2D eigenvalue weighted by molar-refractivity contribution is 5.53. The summed E-state index contributed by atoms with van der Waals surface area (Å²) in [6.07, 6.45) is 7.00. The lowest BCUT2D eigenvalue weighted by Gasteiger charge is -2.30. The number of anilines is 2. The minimum absolute atomic E-state index is 0.479. The largest absolute Gasteiger partial charge is 0.369 e. The van der Waals surface area contributed by atoms with E-state index < -0.39 is 0 Å². The van der Waals surface area contributed by atoms with Gasteiger partial charge in [0.1, 0.15) is 0 Å². The Balaban J connectivity index is 1.59. The third-order valence-corrected chi connectivity index (χ3v) is 6.32. The van der Waals surface area contributed by atoms with Crippen LogP contribution in [0.1, 0.15) is 46.5 Å². The molecule has 1 saturated heterocycles. The van der Waals surface area contributed by atoms with Crippen LogP contribution in [0.2, 0.25) is 0 Å². The second-order valence-electron chi connectivity index (χ2n) is 8.20. The summed E-state index contributed by atoms with van der Waals surface area (Å²) < 4.78 is 0. The van der Waals surface area contributed by atoms with Gasteiger partial charge < -0.3 is 15.5 Å². The van der Waals surface area contributed by atoms with Crippen molar-refractivity contribution in [3.05, 3.63) is 12.3 Å². The second-order valence-corrected chi connectivity index (χ2v) is 8.20. The molecule has 1 aromatic heterocycles. The molecule has 2 fully saturated rings. The molecular formula is C19H33N5. The van der Waals surface area contributed by atoms with Crippen LogP contribution >= 0.6 is 0 Å². The zero-order valence-corrected chi connectivity index (χ0v) is 15.7. The van der Waals surface area contributed by atoms with Gasteiger partial charge in [0.15, 0.2) is 5.82 Å². The van der Waals surface area contributed by atoms with Crippen LogP contribution in [-0.2, 0) is 0 Å². The van der Waals surface area contributed by atoms with Crippen molar-refractivity contribution in [1.29, 1.82) is 0 Å². The third-order valence-electron chi connectivity index (χ3n) is 6.32. The van der Waals surface area contributed by atoms with E-state index in [2.05, 4.69) is 52.6 Å². The average molecular weight is 332 g/mol. The molecule has 2 aliphatic rings. The molecule has 1 saturated carbocycles. The van der Waals surface area contributed by atoms with Crippen molar-refractivity contribution in [2.45, 2.75) is 52.5 Å². The second kappa shape index (κ2) is 7.26. The van der Waals surface area contributed by atoms with Crippen LogP contribution < -0.4 is 15.5 Å². The highest BCUT2D eigenvalue weighted by Crippen LogP contribution is 2.48. The van der Waals surface area contributed by atoms with Crippen molar-refractivity contribution in [1.82, 2.24) is 15.5 Å². The molecule has 1 aromatic rings. The Labute approximate surface area is 146 Å². The summed E-state index contributed by atoms with van der Waals surface area (Å²) in [6, 6.07) is 2.74. The van der Waals surface area contributed by atoms with E-state index in [1.165, 1.54) is 31.4 Å². The van der Waals surface area contributed by atoms with Gasteiger partial charge in [-0.1, -0.05) is 27.2 Å². The molecule has 2 unspecified atom stereocenters. The quantitative estimate of drug-likeness (QED) is 0.839.